The van der Waals surface area contributed by atoms with E-state index in [4.69, 9.17) is 0 Å². The first-order valence-corrected chi connectivity index (χ1v) is 7.25. The first-order chi connectivity index (χ1) is 10.7. The van der Waals surface area contributed by atoms with Gasteiger partial charge < -0.3 is 10.2 Å². The van der Waals surface area contributed by atoms with Crippen molar-refractivity contribution in [3.8, 4) is 0 Å². The second-order valence-corrected chi connectivity index (χ2v) is 5.39. The van der Waals surface area contributed by atoms with Crippen LogP contribution in [0.5, 0.6) is 0 Å². The highest BCUT2D eigenvalue weighted by molar-refractivity contribution is 5.97. The van der Waals surface area contributed by atoms with Gasteiger partial charge in [0.05, 0.1) is 5.92 Å². The number of benzene rings is 1. The van der Waals surface area contributed by atoms with Gasteiger partial charge in [0.2, 0.25) is 11.8 Å². The first-order valence-electron chi connectivity index (χ1n) is 7.25. The van der Waals surface area contributed by atoms with E-state index in [0.29, 0.717) is 18.8 Å². The molecule has 0 aliphatic carbocycles. The van der Waals surface area contributed by atoms with E-state index in [1.165, 1.54) is 0 Å². The van der Waals surface area contributed by atoms with Crippen LogP contribution in [-0.4, -0.2) is 28.2 Å². The predicted octanol–water partition coefficient (Wildman–Crippen LogP) is 2.07. The number of hydrogen-bond acceptors (Lipinski definition) is 3. The Labute approximate surface area is 129 Å². The highest BCUT2D eigenvalue weighted by Crippen LogP contribution is 2.21. The van der Waals surface area contributed by atoms with E-state index in [1.54, 1.807) is 29.4 Å². The molecule has 1 aromatic carbocycles. The summed E-state index contributed by atoms with van der Waals surface area (Å²) in [5.74, 6) is -0.391. The molecule has 1 unspecified atom stereocenters. The van der Waals surface area contributed by atoms with Crippen LogP contribution in [-0.2, 0) is 16.1 Å². The molecule has 2 aromatic rings. The van der Waals surface area contributed by atoms with Crippen molar-refractivity contribution in [3.63, 3.8) is 0 Å². The van der Waals surface area contributed by atoms with Gasteiger partial charge in [-0.3, -0.25) is 14.6 Å². The van der Waals surface area contributed by atoms with E-state index in [9.17, 15) is 9.59 Å². The van der Waals surface area contributed by atoms with Crippen LogP contribution in [0.4, 0.5) is 5.69 Å². The summed E-state index contributed by atoms with van der Waals surface area (Å²) in [7, 11) is 0. The van der Waals surface area contributed by atoms with Gasteiger partial charge in [0, 0.05) is 37.6 Å². The molecule has 1 atom stereocenters. The molecule has 5 heteroatoms. The normalized spacial score (nSPS) is 17.5. The van der Waals surface area contributed by atoms with Crippen molar-refractivity contribution >= 4 is 17.5 Å². The third-order valence-corrected chi connectivity index (χ3v) is 3.75. The second-order valence-electron chi connectivity index (χ2n) is 5.39. The van der Waals surface area contributed by atoms with Gasteiger partial charge in [0.25, 0.3) is 0 Å². The summed E-state index contributed by atoms with van der Waals surface area (Å²) in [5.41, 5.74) is 1.78. The minimum atomic E-state index is -0.302. The van der Waals surface area contributed by atoms with E-state index in [0.717, 1.165) is 5.56 Å². The Kier molecular flexibility index (Phi) is 4.14. The second kappa shape index (κ2) is 6.39. The standard InChI is InChI=1S/C17H17N3O2/c21-16-10-14(17(22)19-15-6-8-18-9-7-15)12-20(16)11-13-4-2-1-3-5-13/h1-9,14H,10-12H2,(H,18,19,22). The van der Waals surface area contributed by atoms with Crippen molar-refractivity contribution in [2.75, 3.05) is 11.9 Å². The summed E-state index contributed by atoms with van der Waals surface area (Å²) in [4.78, 5) is 30.0. The zero-order valence-electron chi connectivity index (χ0n) is 12.1. The van der Waals surface area contributed by atoms with E-state index >= 15 is 0 Å². The highest BCUT2D eigenvalue weighted by atomic mass is 16.2. The molecule has 1 saturated heterocycles. The number of carbonyl (C=O) groups excluding carboxylic acids is 2. The fourth-order valence-electron chi connectivity index (χ4n) is 2.58. The first kappa shape index (κ1) is 14.3. The average molecular weight is 295 g/mol. The number of hydrogen-bond donors (Lipinski definition) is 1. The van der Waals surface area contributed by atoms with Gasteiger partial charge in [-0.25, -0.2) is 0 Å². The number of amides is 2. The fourth-order valence-corrected chi connectivity index (χ4v) is 2.58. The molecule has 1 aliphatic heterocycles. The molecular formula is C17H17N3O2. The summed E-state index contributed by atoms with van der Waals surface area (Å²) < 4.78 is 0. The average Bonchev–Trinajstić information content (AvgIpc) is 2.90. The Balaban J connectivity index is 1.60. The topological polar surface area (TPSA) is 62.3 Å². The van der Waals surface area contributed by atoms with Crippen molar-refractivity contribution in [1.29, 1.82) is 0 Å². The Morgan fingerprint density at radius 2 is 1.91 bits per heavy atom. The number of pyridine rings is 1. The van der Waals surface area contributed by atoms with Gasteiger partial charge >= 0.3 is 0 Å². The minimum absolute atomic E-state index is 0.0266. The maximum atomic E-state index is 12.2. The fraction of sp³-hybridized carbons (Fsp3) is 0.235. The predicted molar refractivity (Wildman–Crippen MR) is 82.8 cm³/mol. The van der Waals surface area contributed by atoms with Crippen molar-refractivity contribution in [1.82, 2.24) is 9.88 Å². The van der Waals surface area contributed by atoms with Crippen LogP contribution < -0.4 is 5.32 Å². The van der Waals surface area contributed by atoms with Gasteiger partial charge in [0.1, 0.15) is 0 Å². The lowest BCUT2D eigenvalue weighted by molar-refractivity contribution is -0.128. The number of anilines is 1. The van der Waals surface area contributed by atoms with Crippen LogP contribution in [0.1, 0.15) is 12.0 Å². The molecule has 0 radical (unpaired) electrons. The molecule has 2 heterocycles. The van der Waals surface area contributed by atoms with E-state index in [1.807, 2.05) is 30.3 Å². The number of likely N-dealkylation sites (tertiary alicyclic amines) is 1. The third kappa shape index (κ3) is 3.31. The number of carbonyl (C=O) groups is 2. The van der Waals surface area contributed by atoms with Crippen LogP contribution in [0.2, 0.25) is 0 Å². The highest BCUT2D eigenvalue weighted by Gasteiger charge is 2.34. The zero-order chi connectivity index (χ0) is 15.4. The minimum Gasteiger partial charge on any atom is -0.338 e. The lowest BCUT2D eigenvalue weighted by atomic mass is 10.1. The van der Waals surface area contributed by atoms with Gasteiger partial charge in [-0.15, -0.1) is 0 Å². The third-order valence-electron chi connectivity index (χ3n) is 3.75. The molecule has 112 valence electrons. The monoisotopic (exact) mass is 295 g/mol. The molecule has 1 fully saturated rings. The summed E-state index contributed by atoms with van der Waals surface area (Å²) >= 11 is 0. The quantitative estimate of drug-likeness (QED) is 0.939. The molecule has 22 heavy (non-hydrogen) atoms. The van der Waals surface area contributed by atoms with Crippen LogP contribution in [0.15, 0.2) is 54.9 Å². The van der Waals surface area contributed by atoms with Crippen molar-refractivity contribution in [2.45, 2.75) is 13.0 Å². The molecule has 1 N–H and O–H groups in total. The maximum Gasteiger partial charge on any atom is 0.229 e. The molecule has 5 nitrogen and oxygen atoms in total. The molecule has 0 saturated carbocycles. The van der Waals surface area contributed by atoms with E-state index in [2.05, 4.69) is 10.3 Å². The van der Waals surface area contributed by atoms with E-state index in [-0.39, 0.29) is 24.2 Å². The lowest BCUT2D eigenvalue weighted by Gasteiger charge is -2.16. The number of nitrogens with one attached hydrogen (secondary N) is 1. The Hall–Kier alpha value is -2.69. The summed E-state index contributed by atoms with van der Waals surface area (Å²) in [5, 5.41) is 2.83. The summed E-state index contributed by atoms with van der Waals surface area (Å²) in [6, 6.07) is 13.3. The van der Waals surface area contributed by atoms with Crippen LogP contribution >= 0.6 is 0 Å². The Morgan fingerprint density at radius 3 is 2.64 bits per heavy atom. The Morgan fingerprint density at radius 1 is 1.18 bits per heavy atom. The molecule has 1 aromatic heterocycles. The SMILES string of the molecule is O=C(Nc1ccncc1)C1CC(=O)N(Cc2ccccc2)C1. The zero-order valence-corrected chi connectivity index (χ0v) is 12.1. The molecule has 0 spiro atoms. The van der Waals surface area contributed by atoms with Crippen molar-refractivity contribution < 1.29 is 9.59 Å². The maximum absolute atomic E-state index is 12.2. The number of rotatable bonds is 4. The van der Waals surface area contributed by atoms with Crippen molar-refractivity contribution in [2.24, 2.45) is 5.92 Å². The summed E-state index contributed by atoms with van der Waals surface area (Å²) in [6.07, 6.45) is 3.51. The van der Waals surface area contributed by atoms with Gasteiger partial charge in [0.15, 0.2) is 0 Å². The molecule has 2 amide bonds. The van der Waals surface area contributed by atoms with Crippen LogP contribution in [0, 0.1) is 5.92 Å². The largest absolute Gasteiger partial charge is 0.338 e. The summed E-state index contributed by atoms with van der Waals surface area (Å²) in [6.45, 7) is 1.02. The number of nitrogens with zero attached hydrogens (tertiary/aromatic N) is 2. The van der Waals surface area contributed by atoms with Crippen molar-refractivity contribution in [3.05, 3.63) is 60.4 Å². The van der Waals surface area contributed by atoms with Gasteiger partial charge in [-0.05, 0) is 17.7 Å². The van der Waals surface area contributed by atoms with Crippen LogP contribution in [0.25, 0.3) is 0 Å². The molecular weight excluding hydrogens is 278 g/mol. The number of aromatic nitrogens is 1. The lowest BCUT2D eigenvalue weighted by Crippen LogP contribution is -2.28. The van der Waals surface area contributed by atoms with Gasteiger partial charge in [-0.2, -0.15) is 0 Å². The van der Waals surface area contributed by atoms with E-state index < -0.39 is 0 Å². The van der Waals surface area contributed by atoms with Gasteiger partial charge in [-0.1, -0.05) is 30.3 Å². The molecule has 1 aliphatic rings. The molecule has 3 rings (SSSR count). The van der Waals surface area contributed by atoms with Crippen LogP contribution in [0.3, 0.4) is 0 Å². The Bertz CT molecular complexity index is 658. The smallest absolute Gasteiger partial charge is 0.229 e. The molecule has 0 bridgehead atoms.